The summed E-state index contributed by atoms with van der Waals surface area (Å²) in [5.74, 6) is 0.212. The summed E-state index contributed by atoms with van der Waals surface area (Å²) in [5.41, 5.74) is 12.9. The molecule has 3 aromatic carbocycles. The van der Waals surface area contributed by atoms with Gasteiger partial charge in [-0.15, -0.1) is 0 Å². The normalized spacial score (nSPS) is 15.5. The fourth-order valence-electron chi connectivity index (χ4n) is 3.62. The molecular weight excluding hydrogens is 444 g/mol. The van der Waals surface area contributed by atoms with Crippen LogP contribution in [0, 0.1) is 0 Å². The standard InChI is InChI=1S/C25H22N8O2/c1-27-31-21(26)16-11-13-17(14-12-16)24-32-33-25(35-24)30-22-23(34)28-19-10-6-5-9-18(19)20(29-22)15-7-3-2-4-8-15/h2-14,22H,1H3,(H5,26,27,28,29,30,31,32,33,34)/p-1. The molecule has 1 unspecified atom stereocenters. The van der Waals surface area contributed by atoms with Crippen molar-refractivity contribution in [3.05, 3.63) is 101 Å². The predicted octanol–water partition coefficient (Wildman–Crippen LogP) is 3.40. The van der Waals surface area contributed by atoms with Crippen molar-refractivity contribution in [1.82, 2.24) is 15.6 Å². The van der Waals surface area contributed by atoms with Crippen molar-refractivity contribution in [2.24, 2.45) is 15.8 Å². The molecule has 0 fully saturated rings. The molecule has 1 aromatic heterocycles. The van der Waals surface area contributed by atoms with Crippen molar-refractivity contribution >= 4 is 29.2 Å². The number of benzodiazepines with no additional fused rings is 1. The lowest BCUT2D eigenvalue weighted by Crippen LogP contribution is -2.24. The van der Waals surface area contributed by atoms with E-state index in [-0.39, 0.29) is 11.9 Å². The number of hydrogen-bond donors (Lipinski definition) is 3. The van der Waals surface area contributed by atoms with Gasteiger partial charge in [0.05, 0.1) is 11.4 Å². The van der Waals surface area contributed by atoms with E-state index < -0.39 is 12.1 Å². The predicted molar refractivity (Wildman–Crippen MR) is 133 cm³/mol. The maximum Gasteiger partial charge on any atom is 0.248 e. The molecule has 1 amide bonds. The van der Waals surface area contributed by atoms with Crippen LogP contribution in [0.25, 0.3) is 16.8 Å². The summed E-state index contributed by atoms with van der Waals surface area (Å²) >= 11 is 0. The lowest BCUT2D eigenvalue weighted by atomic mass is 10.0. The molecule has 2 heterocycles. The van der Waals surface area contributed by atoms with Crippen molar-refractivity contribution in [1.29, 1.82) is 0 Å². The average molecular weight is 465 g/mol. The van der Waals surface area contributed by atoms with Gasteiger partial charge < -0.3 is 31.3 Å². The fraction of sp³-hybridized carbons (Fsp3) is 0.0800. The van der Waals surface area contributed by atoms with Crippen molar-refractivity contribution in [3.8, 4) is 11.5 Å². The van der Waals surface area contributed by atoms with Crippen molar-refractivity contribution in [2.75, 3.05) is 12.4 Å². The second-order valence-corrected chi connectivity index (χ2v) is 7.57. The van der Waals surface area contributed by atoms with Crippen LogP contribution in [-0.4, -0.2) is 40.9 Å². The third-order valence-corrected chi connectivity index (χ3v) is 5.28. The molecule has 10 nitrogen and oxygen atoms in total. The van der Waals surface area contributed by atoms with E-state index in [0.29, 0.717) is 22.8 Å². The highest BCUT2D eigenvalue weighted by atomic mass is 16.4. The van der Waals surface area contributed by atoms with Gasteiger partial charge in [0.2, 0.25) is 11.8 Å². The Kier molecular flexibility index (Phi) is 5.91. The minimum absolute atomic E-state index is 0.0531. The summed E-state index contributed by atoms with van der Waals surface area (Å²) in [7, 11) is 1.67. The Morgan fingerprint density at radius 2 is 1.74 bits per heavy atom. The van der Waals surface area contributed by atoms with Crippen LogP contribution < -0.4 is 16.5 Å². The molecule has 10 heteroatoms. The smallest absolute Gasteiger partial charge is 0.248 e. The van der Waals surface area contributed by atoms with Crippen molar-refractivity contribution in [2.45, 2.75) is 6.17 Å². The van der Waals surface area contributed by atoms with Crippen LogP contribution in [-0.2, 0) is 4.79 Å². The van der Waals surface area contributed by atoms with Crippen LogP contribution >= 0.6 is 0 Å². The average Bonchev–Trinajstić information content (AvgIpc) is 3.31. The number of amidine groups is 1. The second-order valence-electron chi connectivity index (χ2n) is 7.57. The zero-order chi connectivity index (χ0) is 24.2. The first-order chi connectivity index (χ1) is 17.1. The number of nitrogens with one attached hydrogen (secondary N) is 2. The second kappa shape index (κ2) is 9.48. The Hall–Kier alpha value is -4.99. The number of para-hydroxylation sites is 1. The third kappa shape index (κ3) is 4.58. The lowest BCUT2D eigenvalue weighted by Gasteiger charge is -2.17. The summed E-state index contributed by atoms with van der Waals surface area (Å²) in [6.45, 7) is 0. The maximum absolute atomic E-state index is 13.0. The Morgan fingerprint density at radius 1 is 1.00 bits per heavy atom. The lowest BCUT2D eigenvalue weighted by molar-refractivity contribution is -0.116. The van der Waals surface area contributed by atoms with Crippen LogP contribution in [0.2, 0.25) is 0 Å². The molecule has 0 radical (unpaired) electrons. The van der Waals surface area contributed by atoms with E-state index in [1.54, 1.807) is 31.3 Å². The van der Waals surface area contributed by atoms with Gasteiger partial charge in [0.25, 0.3) is 0 Å². The van der Waals surface area contributed by atoms with Gasteiger partial charge in [0.15, 0.2) is 5.84 Å². The maximum atomic E-state index is 13.0. The molecule has 0 saturated heterocycles. The van der Waals surface area contributed by atoms with Crippen LogP contribution in [0.3, 0.4) is 0 Å². The molecule has 0 aliphatic carbocycles. The topological polar surface area (TPSA) is 145 Å². The van der Waals surface area contributed by atoms with Gasteiger partial charge in [-0.05, 0) is 18.2 Å². The molecule has 0 spiro atoms. The largest absolute Gasteiger partial charge is 0.445 e. The first kappa shape index (κ1) is 21.8. The molecule has 0 saturated carbocycles. The summed E-state index contributed by atoms with van der Waals surface area (Å²) in [6.07, 6.45) is -1.11. The third-order valence-electron chi connectivity index (χ3n) is 5.28. The molecular formula is C25H21N8O2-. The number of hydrazone groups is 1. The first-order valence-electron chi connectivity index (χ1n) is 10.8. The molecule has 1 atom stereocenters. The van der Waals surface area contributed by atoms with Crippen molar-refractivity contribution in [3.63, 3.8) is 0 Å². The van der Waals surface area contributed by atoms with Gasteiger partial charge in [0, 0.05) is 29.3 Å². The quantitative estimate of drug-likeness (QED) is 0.226. The van der Waals surface area contributed by atoms with Gasteiger partial charge in [-0.2, -0.15) is 5.10 Å². The number of benzene rings is 3. The zero-order valence-corrected chi connectivity index (χ0v) is 18.7. The van der Waals surface area contributed by atoms with Crippen LogP contribution in [0.5, 0.6) is 0 Å². The van der Waals surface area contributed by atoms with E-state index in [0.717, 1.165) is 16.7 Å². The Labute approximate surface area is 201 Å². The van der Waals surface area contributed by atoms with Gasteiger partial charge in [-0.25, -0.2) is 5.10 Å². The molecule has 1 aliphatic rings. The monoisotopic (exact) mass is 465 g/mol. The number of amides is 1. The fourth-order valence-corrected chi connectivity index (χ4v) is 3.62. The van der Waals surface area contributed by atoms with Crippen molar-refractivity contribution < 1.29 is 9.21 Å². The highest BCUT2D eigenvalue weighted by Crippen LogP contribution is 2.30. The van der Waals surface area contributed by atoms with E-state index in [4.69, 9.17) is 10.2 Å². The molecule has 0 bridgehead atoms. The van der Waals surface area contributed by atoms with E-state index in [1.165, 1.54) is 0 Å². The Bertz CT molecular complexity index is 1410. The van der Waals surface area contributed by atoms with Gasteiger partial charge >= 0.3 is 0 Å². The number of anilines is 1. The molecule has 4 N–H and O–H groups in total. The Morgan fingerprint density at radius 3 is 2.51 bits per heavy atom. The van der Waals surface area contributed by atoms with Gasteiger partial charge in [-0.3, -0.25) is 9.79 Å². The highest BCUT2D eigenvalue weighted by molar-refractivity contribution is 6.20. The minimum atomic E-state index is -1.11. The summed E-state index contributed by atoms with van der Waals surface area (Å²) in [5, 5.41) is 19.2. The SMILES string of the molecule is CN/N=C(\N)c1ccc(-c2nnc([N-]C3N=C(c4ccccc4)c4ccccc4NC3=O)o2)cc1. The number of carbonyl (C=O) groups is 1. The van der Waals surface area contributed by atoms with Crippen LogP contribution in [0.15, 0.2) is 93.4 Å². The molecule has 5 rings (SSSR count). The molecule has 4 aromatic rings. The molecule has 1 aliphatic heterocycles. The van der Waals surface area contributed by atoms with Crippen LogP contribution in [0.4, 0.5) is 11.7 Å². The minimum Gasteiger partial charge on any atom is -0.445 e. The van der Waals surface area contributed by atoms with Crippen LogP contribution in [0.1, 0.15) is 16.7 Å². The number of carbonyl (C=O) groups excluding carboxylic acids is 1. The number of aromatic nitrogens is 2. The first-order valence-corrected chi connectivity index (χ1v) is 10.8. The van der Waals surface area contributed by atoms with E-state index in [1.807, 2.05) is 54.6 Å². The summed E-state index contributed by atoms with van der Waals surface area (Å²) < 4.78 is 5.72. The van der Waals surface area contributed by atoms with E-state index in [9.17, 15) is 4.79 Å². The highest BCUT2D eigenvalue weighted by Gasteiger charge is 2.23. The molecule has 35 heavy (non-hydrogen) atoms. The number of aliphatic imine (C=N–C) groups is 1. The summed E-state index contributed by atoms with van der Waals surface area (Å²) in [4.78, 5) is 17.6. The van der Waals surface area contributed by atoms with E-state index >= 15 is 0 Å². The number of rotatable bonds is 6. The van der Waals surface area contributed by atoms with Gasteiger partial charge in [-0.1, -0.05) is 60.7 Å². The number of fused-ring (bicyclic) bond motifs is 1. The number of hydrogen-bond acceptors (Lipinski definition) is 7. The number of nitrogens with zero attached hydrogens (tertiary/aromatic N) is 5. The number of nitrogens with two attached hydrogens (primary N) is 1. The van der Waals surface area contributed by atoms with Gasteiger partial charge in [0.1, 0.15) is 12.2 Å². The van der Waals surface area contributed by atoms with E-state index in [2.05, 4.69) is 36.4 Å². The summed E-state index contributed by atoms with van der Waals surface area (Å²) in [6, 6.07) is 24.2. The zero-order valence-electron chi connectivity index (χ0n) is 18.7. The Balaban J connectivity index is 1.42. The molecule has 174 valence electrons.